The van der Waals surface area contributed by atoms with Crippen molar-refractivity contribution in [1.82, 2.24) is 9.21 Å². The maximum atomic E-state index is 13.4. The van der Waals surface area contributed by atoms with Gasteiger partial charge in [-0.1, -0.05) is 75.5 Å². The average molecular weight is 556 g/mol. The van der Waals surface area contributed by atoms with Gasteiger partial charge in [0.15, 0.2) is 0 Å². The number of halogens is 3. The second kappa shape index (κ2) is 10.8. The molecule has 3 rings (SSSR count). The molecule has 5 nitrogen and oxygen atoms in total. The monoisotopic (exact) mass is 554 g/mol. The minimum Gasteiger partial charge on any atom is -0.340 e. The van der Waals surface area contributed by atoms with Crippen LogP contribution in [0.25, 0.3) is 0 Å². The van der Waals surface area contributed by atoms with Crippen molar-refractivity contribution < 1.29 is 13.2 Å². The van der Waals surface area contributed by atoms with Crippen molar-refractivity contribution in [3.63, 3.8) is 0 Å². The molecule has 0 fully saturated rings. The molecule has 0 unspecified atom stereocenters. The Bertz CT molecular complexity index is 1190. The molecule has 0 saturated carbocycles. The molecule has 0 aliphatic heterocycles. The summed E-state index contributed by atoms with van der Waals surface area (Å²) in [6.45, 7) is 0.0286. The Morgan fingerprint density at radius 1 is 0.875 bits per heavy atom. The lowest BCUT2D eigenvalue weighted by Crippen LogP contribution is -2.40. The first-order valence-corrected chi connectivity index (χ1v) is 12.6. The molecule has 9 heteroatoms. The molecule has 0 aliphatic carbocycles. The van der Waals surface area contributed by atoms with E-state index in [0.717, 1.165) is 14.3 Å². The second-order valence-electron chi connectivity index (χ2n) is 7.21. The lowest BCUT2D eigenvalue weighted by atomic mass is 10.2. The van der Waals surface area contributed by atoms with Crippen LogP contribution in [-0.4, -0.2) is 37.1 Å². The zero-order valence-corrected chi connectivity index (χ0v) is 21.1. The first-order valence-electron chi connectivity index (χ1n) is 9.64. The SMILES string of the molecule is CN(Cc1ccccc1)C(=O)CN(Cc1ccc(Cl)c(Cl)c1)S(=O)(=O)c1ccc(Br)cc1. The van der Waals surface area contributed by atoms with Crippen LogP contribution in [0.15, 0.2) is 82.2 Å². The molecule has 3 aromatic rings. The molecule has 0 saturated heterocycles. The molecule has 1 amide bonds. The van der Waals surface area contributed by atoms with Crippen LogP contribution < -0.4 is 0 Å². The van der Waals surface area contributed by atoms with Crippen LogP contribution >= 0.6 is 39.1 Å². The van der Waals surface area contributed by atoms with Crippen molar-refractivity contribution in [2.24, 2.45) is 0 Å². The van der Waals surface area contributed by atoms with Crippen molar-refractivity contribution in [3.05, 3.63) is 98.4 Å². The lowest BCUT2D eigenvalue weighted by molar-refractivity contribution is -0.130. The molecule has 0 heterocycles. The molecule has 0 radical (unpaired) electrons. The van der Waals surface area contributed by atoms with Gasteiger partial charge in [0.2, 0.25) is 15.9 Å². The molecule has 0 aromatic heterocycles. The second-order valence-corrected chi connectivity index (χ2v) is 10.9. The summed E-state index contributed by atoms with van der Waals surface area (Å²) in [5, 5.41) is 0.689. The smallest absolute Gasteiger partial charge is 0.243 e. The van der Waals surface area contributed by atoms with Gasteiger partial charge in [0.1, 0.15) is 0 Å². The molecular weight excluding hydrogens is 535 g/mol. The third-order valence-corrected chi connectivity index (χ3v) is 7.87. The van der Waals surface area contributed by atoms with Crippen molar-refractivity contribution in [2.75, 3.05) is 13.6 Å². The minimum atomic E-state index is -3.95. The van der Waals surface area contributed by atoms with Gasteiger partial charge >= 0.3 is 0 Å². The number of likely N-dealkylation sites (N-methyl/N-ethyl adjacent to an activating group) is 1. The van der Waals surface area contributed by atoms with E-state index < -0.39 is 10.0 Å². The van der Waals surface area contributed by atoms with Gasteiger partial charge in [-0.05, 0) is 47.5 Å². The maximum Gasteiger partial charge on any atom is 0.243 e. The first-order chi connectivity index (χ1) is 15.2. The largest absolute Gasteiger partial charge is 0.340 e. The molecule has 0 aliphatic rings. The Labute approximate surface area is 206 Å². The van der Waals surface area contributed by atoms with Gasteiger partial charge in [-0.15, -0.1) is 0 Å². The molecule has 0 atom stereocenters. The van der Waals surface area contributed by atoms with Crippen LogP contribution in [0.1, 0.15) is 11.1 Å². The van der Waals surface area contributed by atoms with Crippen molar-refractivity contribution >= 4 is 55.1 Å². The Balaban J connectivity index is 1.87. The Hall–Kier alpha value is -1.90. The highest BCUT2D eigenvalue weighted by atomic mass is 79.9. The summed E-state index contributed by atoms with van der Waals surface area (Å²) >= 11 is 15.4. The Morgan fingerprint density at radius 3 is 2.16 bits per heavy atom. The van der Waals surface area contributed by atoms with E-state index in [1.165, 1.54) is 17.0 Å². The van der Waals surface area contributed by atoms with Crippen LogP contribution in [0.2, 0.25) is 10.0 Å². The van der Waals surface area contributed by atoms with Gasteiger partial charge in [-0.25, -0.2) is 8.42 Å². The average Bonchev–Trinajstić information content (AvgIpc) is 2.76. The van der Waals surface area contributed by atoms with Gasteiger partial charge in [0, 0.05) is 24.6 Å². The summed E-state index contributed by atoms with van der Waals surface area (Å²) < 4.78 is 28.7. The number of carbonyl (C=O) groups is 1. The highest BCUT2D eigenvalue weighted by molar-refractivity contribution is 9.10. The number of nitrogens with zero attached hydrogens (tertiary/aromatic N) is 2. The van der Waals surface area contributed by atoms with Crippen LogP contribution in [0, 0.1) is 0 Å². The van der Waals surface area contributed by atoms with E-state index in [2.05, 4.69) is 15.9 Å². The fraction of sp³-hybridized carbons (Fsp3) is 0.174. The highest BCUT2D eigenvalue weighted by Crippen LogP contribution is 2.25. The lowest BCUT2D eigenvalue weighted by Gasteiger charge is -2.25. The van der Waals surface area contributed by atoms with Crippen molar-refractivity contribution in [2.45, 2.75) is 18.0 Å². The van der Waals surface area contributed by atoms with Gasteiger partial charge in [0.25, 0.3) is 0 Å². The first kappa shape index (κ1) is 24.7. The van der Waals surface area contributed by atoms with Crippen molar-refractivity contribution in [1.29, 1.82) is 0 Å². The van der Waals surface area contributed by atoms with Gasteiger partial charge in [0.05, 0.1) is 21.5 Å². The highest BCUT2D eigenvalue weighted by Gasteiger charge is 2.28. The molecule has 32 heavy (non-hydrogen) atoms. The number of rotatable bonds is 8. The number of hydrogen-bond acceptors (Lipinski definition) is 3. The van der Waals surface area contributed by atoms with E-state index in [9.17, 15) is 13.2 Å². The molecule has 3 aromatic carbocycles. The number of carbonyl (C=O) groups excluding carboxylic acids is 1. The zero-order chi connectivity index (χ0) is 23.3. The normalized spacial score (nSPS) is 11.5. The van der Waals surface area contributed by atoms with E-state index in [-0.39, 0.29) is 23.9 Å². The predicted molar refractivity (Wildman–Crippen MR) is 131 cm³/mol. The minimum absolute atomic E-state index is 0.0276. The zero-order valence-electron chi connectivity index (χ0n) is 17.2. The summed E-state index contributed by atoms with van der Waals surface area (Å²) in [5.41, 5.74) is 1.58. The van der Waals surface area contributed by atoms with Gasteiger partial charge < -0.3 is 4.90 Å². The third-order valence-electron chi connectivity index (χ3n) is 4.79. The quantitative estimate of drug-likeness (QED) is 0.363. The summed E-state index contributed by atoms with van der Waals surface area (Å²) in [6, 6.07) is 20.7. The van der Waals surface area contributed by atoms with Crippen LogP contribution in [0.3, 0.4) is 0 Å². The van der Waals surface area contributed by atoms with Crippen LogP contribution in [0.5, 0.6) is 0 Å². The molecule has 168 valence electrons. The number of amides is 1. The molecule has 0 N–H and O–H groups in total. The summed E-state index contributed by atoms with van der Waals surface area (Å²) in [4.78, 5) is 14.6. The summed E-state index contributed by atoms with van der Waals surface area (Å²) in [5.74, 6) is -0.324. The van der Waals surface area contributed by atoms with Gasteiger partial charge in [-0.3, -0.25) is 4.79 Å². The third kappa shape index (κ3) is 6.33. The number of hydrogen-bond donors (Lipinski definition) is 0. The fourth-order valence-corrected chi connectivity index (χ4v) is 5.00. The molecule has 0 bridgehead atoms. The van der Waals surface area contributed by atoms with Crippen molar-refractivity contribution in [3.8, 4) is 0 Å². The van der Waals surface area contributed by atoms with E-state index in [4.69, 9.17) is 23.2 Å². The standard InChI is InChI=1S/C23H21BrCl2N2O3S/c1-27(14-17-5-3-2-4-6-17)23(29)16-28(15-18-7-12-21(25)22(26)13-18)32(30,31)20-10-8-19(24)9-11-20/h2-13H,14-16H2,1H3. The Kier molecular flexibility index (Phi) is 8.36. The maximum absolute atomic E-state index is 13.4. The molecule has 0 spiro atoms. The Morgan fingerprint density at radius 2 is 1.53 bits per heavy atom. The molecular formula is C23H21BrCl2N2O3S. The van der Waals surface area contributed by atoms with E-state index in [1.54, 1.807) is 37.4 Å². The van der Waals surface area contributed by atoms with Gasteiger partial charge in [-0.2, -0.15) is 4.31 Å². The summed E-state index contributed by atoms with van der Waals surface area (Å²) in [6.07, 6.45) is 0. The topological polar surface area (TPSA) is 57.7 Å². The van der Waals surface area contributed by atoms with Crippen LogP contribution in [0.4, 0.5) is 0 Å². The fourth-order valence-electron chi connectivity index (χ4n) is 3.04. The summed E-state index contributed by atoms with van der Waals surface area (Å²) in [7, 11) is -2.30. The predicted octanol–water partition coefficient (Wildman–Crippen LogP) is 5.61. The van der Waals surface area contributed by atoms with Crippen LogP contribution in [-0.2, 0) is 27.9 Å². The number of sulfonamides is 1. The van der Waals surface area contributed by atoms with E-state index in [0.29, 0.717) is 22.2 Å². The van der Waals surface area contributed by atoms with E-state index >= 15 is 0 Å². The number of benzene rings is 3. The van der Waals surface area contributed by atoms with E-state index in [1.807, 2.05) is 30.3 Å².